The predicted octanol–water partition coefficient (Wildman–Crippen LogP) is 2.35. The van der Waals surface area contributed by atoms with Gasteiger partial charge in [0.05, 0.1) is 6.61 Å². The van der Waals surface area contributed by atoms with Crippen molar-refractivity contribution in [3.05, 3.63) is 33.8 Å². The third-order valence-corrected chi connectivity index (χ3v) is 2.65. The molecule has 1 N–H and O–H groups in total. The van der Waals surface area contributed by atoms with Crippen LogP contribution in [0.3, 0.4) is 0 Å². The second kappa shape index (κ2) is 5.28. The van der Waals surface area contributed by atoms with Crippen LogP contribution in [0, 0.1) is 6.92 Å². The summed E-state index contributed by atoms with van der Waals surface area (Å²) in [5, 5.41) is 9.69. The number of rotatable bonds is 3. The van der Waals surface area contributed by atoms with Crippen LogP contribution in [0.15, 0.2) is 22.7 Å². The quantitative estimate of drug-likeness (QED) is 0.860. The Morgan fingerprint density at radius 2 is 2.27 bits per heavy atom. The van der Waals surface area contributed by atoms with Gasteiger partial charge in [-0.2, -0.15) is 0 Å². The molecule has 0 aliphatic heterocycles. The molecule has 4 heteroatoms. The molecular weight excluding hydrogens is 260 g/mol. The molecule has 1 rings (SSSR count). The van der Waals surface area contributed by atoms with Crippen molar-refractivity contribution in [1.29, 1.82) is 0 Å². The summed E-state index contributed by atoms with van der Waals surface area (Å²) < 4.78 is 5.44. The first-order valence-electron chi connectivity index (χ1n) is 4.67. The molecular formula is C11H13BrO3. The molecule has 82 valence electrons. The highest BCUT2D eigenvalue weighted by Crippen LogP contribution is 2.25. The minimum absolute atomic E-state index is 0.263. The highest BCUT2D eigenvalue weighted by molar-refractivity contribution is 9.10. The van der Waals surface area contributed by atoms with Crippen molar-refractivity contribution in [3.63, 3.8) is 0 Å². The molecule has 0 aliphatic carbocycles. The predicted molar refractivity (Wildman–Crippen MR) is 60.5 cm³/mol. The maximum absolute atomic E-state index is 11.3. The average Bonchev–Trinajstić information content (AvgIpc) is 2.17. The molecule has 0 heterocycles. The molecule has 0 bridgehead atoms. The third kappa shape index (κ3) is 3.04. The Morgan fingerprint density at radius 1 is 1.60 bits per heavy atom. The summed E-state index contributed by atoms with van der Waals surface area (Å²) in [7, 11) is 0. The van der Waals surface area contributed by atoms with Gasteiger partial charge in [0.1, 0.15) is 0 Å². The number of esters is 1. The maximum atomic E-state index is 11.3. The number of ether oxygens (including phenoxy) is 1. The van der Waals surface area contributed by atoms with E-state index in [1.807, 2.05) is 19.1 Å². The Kier molecular flexibility index (Phi) is 4.29. The van der Waals surface area contributed by atoms with Gasteiger partial charge in [0.25, 0.3) is 0 Å². The number of benzene rings is 1. The first-order chi connectivity index (χ1) is 7.06. The van der Waals surface area contributed by atoms with E-state index in [1.54, 1.807) is 13.0 Å². The molecule has 0 spiro atoms. The van der Waals surface area contributed by atoms with Gasteiger partial charge in [-0.25, -0.2) is 4.79 Å². The summed E-state index contributed by atoms with van der Waals surface area (Å²) in [5.74, 6) is -0.623. The second-order valence-electron chi connectivity index (χ2n) is 3.18. The monoisotopic (exact) mass is 272 g/mol. The molecule has 0 fully saturated rings. The van der Waals surface area contributed by atoms with Crippen LogP contribution in [0.4, 0.5) is 0 Å². The first-order valence-corrected chi connectivity index (χ1v) is 5.46. The lowest BCUT2D eigenvalue weighted by atomic mass is 10.1. The summed E-state index contributed by atoms with van der Waals surface area (Å²) >= 11 is 3.30. The van der Waals surface area contributed by atoms with E-state index in [1.165, 1.54) is 0 Å². The van der Waals surface area contributed by atoms with Crippen LogP contribution in [0.2, 0.25) is 0 Å². The molecule has 0 amide bonds. The van der Waals surface area contributed by atoms with Gasteiger partial charge in [-0.15, -0.1) is 0 Å². The van der Waals surface area contributed by atoms with Gasteiger partial charge in [-0.1, -0.05) is 28.1 Å². The highest BCUT2D eigenvalue weighted by Gasteiger charge is 2.20. The molecule has 0 aliphatic rings. The largest absolute Gasteiger partial charge is 0.464 e. The van der Waals surface area contributed by atoms with Crippen molar-refractivity contribution in [3.8, 4) is 0 Å². The number of hydrogen-bond donors (Lipinski definition) is 1. The molecule has 1 atom stereocenters. The molecule has 0 saturated carbocycles. The van der Waals surface area contributed by atoms with Gasteiger partial charge in [-0.05, 0) is 25.5 Å². The summed E-state index contributed by atoms with van der Waals surface area (Å²) in [4.78, 5) is 11.3. The van der Waals surface area contributed by atoms with Crippen LogP contribution in [-0.2, 0) is 9.53 Å². The fraction of sp³-hybridized carbons (Fsp3) is 0.364. The van der Waals surface area contributed by atoms with E-state index in [2.05, 4.69) is 15.9 Å². The lowest BCUT2D eigenvalue weighted by Crippen LogP contribution is -2.15. The molecule has 15 heavy (non-hydrogen) atoms. The average molecular weight is 273 g/mol. The summed E-state index contributed by atoms with van der Waals surface area (Å²) in [6.07, 6.45) is -1.22. The van der Waals surface area contributed by atoms with Crippen molar-refractivity contribution >= 4 is 21.9 Å². The normalized spacial score (nSPS) is 12.3. The van der Waals surface area contributed by atoms with Gasteiger partial charge >= 0.3 is 5.97 Å². The number of hydrogen-bond acceptors (Lipinski definition) is 3. The van der Waals surface area contributed by atoms with Crippen molar-refractivity contribution < 1.29 is 14.6 Å². The van der Waals surface area contributed by atoms with E-state index in [9.17, 15) is 9.90 Å². The number of aliphatic hydroxyl groups is 1. The molecule has 0 saturated heterocycles. The van der Waals surface area contributed by atoms with E-state index in [0.717, 1.165) is 5.56 Å². The number of aryl methyl sites for hydroxylation is 1. The van der Waals surface area contributed by atoms with Crippen LogP contribution in [0.1, 0.15) is 24.2 Å². The minimum Gasteiger partial charge on any atom is -0.464 e. The minimum atomic E-state index is -1.22. The number of carbonyl (C=O) groups is 1. The lowest BCUT2D eigenvalue weighted by molar-refractivity contribution is -0.153. The topological polar surface area (TPSA) is 46.5 Å². The second-order valence-corrected chi connectivity index (χ2v) is 4.03. The first kappa shape index (κ1) is 12.2. The zero-order valence-electron chi connectivity index (χ0n) is 8.66. The Hall–Kier alpha value is -0.870. The van der Waals surface area contributed by atoms with E-state index >= 15 is 0 Å². The van der Waals surface area contributed by atoms with Gasteiger partial charge in [0, 0.05) is 10.0 Å². The molecule has 0 radical (unpaired) electrons. The smallest absolute Gasteiger partial charge is 0.339 e. The Labute approximate surface area is 97.2 Å². The molecule has 1 unspecified atom stereocenters. The SMILES string of the molecule is CCOC(=O)C(O)c1ccc(C)cc1Br. The number of carbonyl (C=O) groups excluding carboxylic acids is 1. The van der Waals surface area contributed by atoms with Crippen LogP contribution >= 0.6 is 15.9 Å². The fourth-order valence-corrected chi connectivity index (χ4v) is 1.91. The number of aliphatic hydroxyl groups excluding tert-OH is 1. The number of halogens is 1. The zero-order valence-corrected chi connectivity index (χ0v) is 10.2. The van der Waals surface area contributed by atoms with E-state index in [-0.39, 0.29) is 6.61 Å². The van der Waals surface area contributed by atoms with Crippen molar-refractivity contribution in [2.75, 3.05) is 6.61 Å². The van der Waals surface area contributed by atoms with E-state index in [4.69, 9.17) is 4.74 Å². The van der Waals surface area contributed by atoms with Gasteiger partial charge in [0.15, 0.2) is 6.10 Å². The Morgan fingerprint density at radius 3 is 2.80 bits per heavy atom. The standard InChI is InChI=1S/C11H13BrO3/c1-3-15-11(14)10(13)8-5-4-7(2)6-9(8)12/h4-6,10,13H,3H2,1-2H3. The third-order valence-electron chi connectivity index (χ3n) is 1.96. The maximum Gasteiger partial charge on any atom is 0.339 e. The van der Waals surface area contributed by atoms with Gasteiger partial charge in [0.2, 0.25) is 0 Å². The van der Waals surface area contributed by atoms with Crippen LogP contribution < -0.4 is 0 Å². The summed E-state index contributed by atoms with van der Waals surface area (Å²) in [5.41, 5.74) is 1.58. The van der Waals surface area contributed by atoms with Crippen molar-refractivity contribution in [2.45, 2.75) is 20.0 Å². The van der Waals surface area contributed by atoms with E-state index in [0.29, 0.717) is 10.0 Å². The molecule has 0 aromatic heterocycles. The summed E-state index contributed by atoms with van der Waals surface area (Å²) in [6, 6.07) is 5.39. The Bertz CT molecular complexity index is 363. The van der Waals surface area contributed by atoms with E-state index < -0.39 is 12.1 Å². The van der Waals surface area contributed by atoms with Crippen molar-refractivity contribution in [1.82, 2.24) is 0 Å². The molecule has 1 aromatic rings. The van der Waals surface area contributed by atoms with Crippen LogP contribution in [-0.4, -0.2) is 17.7 Å². The van der Waals surface area contributed by atoms with Gasteiger partial charge in [-0.3, -0.25) is 0 Å². The van der Waals surface area contributed by atoms with Crippen LogP contribution in [0.25, 0.3) is 0 Å². The Balaban J connectivity index is 2.91. The van der Waals surface area contributed by atoms with Crippen LogP contribution in [0.5, 0.6) is 0 Å². The van der Waals surface area contributed by atoms with Gasteiger partial charge < -0.3 is 9.84 Å². The summed E-state index contributed by atoms with van der Waals surface area (Å²) in [6.45, 7) is 3.90. The molecule has 3 nitrogen and oxygen atoms in total. The fourth-order valence-electron chi connectivity index (χ4n) is 1.20. The highest BCUT2D eigenvalue weighted by atomic mass is 79.9. The zero-order chi connectivity index (χ0) is 11.4. The lowest BCUT2D eigenvalue weighted by Gasteiger charge is -2.11. The molecule has 1 aromatic carbocycles. The van der Waals surface area contributed by atoms with Crippen molar-refractivity contribution in [2.24, 2.45) is 0 Å².